The first-order chi connectivity index (χ1) is 10.6. The van der Waals surface area contributed by atoms with E-state index >= 15 is 0 Å². The number of methoxy groups -OCH3 is 2. The summed E-state index contributed by atoms with van der Waals surface area (Å²) in [5.41, 5.74) is 0. The largest absolute Gasteiger partial charge is 0.384 e. The maximum Gasteiger partial charge on any atom is 0.0671 e. The average molecular weight is 314 g/mol. The number of hydrogen-bond acceptors (Lipinski definition) is 4. The van der Waals surface area contributed by atoms with Gasteiger partial charge in [-0.05, 0) is 30.1 Å². The minimum Gasteiger partial charge on any atom is -0.384 e. The Hall–Kier alpha value is -0.160. The van der Waals surface area contributed by atoms with Crippen LogP contribution in [-0.2, 0) is 18.9 Å². The highest BCUT2D eigenvalue weighted by molar-refractivity contribution is 4.90. The molecule has 7 unspecified atom stereocenters. The van der Waals surface area contributed by atoms with E-state index in [4.69, 9.17) is 18.9 Å². The standard InChI is InChI=1S/C18H34O4/c1-12-6-7-21-9-15(12)16-10-22-11-17(14(16)3)18(20-5)13(2)8-19-4/h12-18H,6-11H2,1-5H3. The van der Waals surface area contributed by atoms with Gasteiger partial charge in [0.05, 0.1) is 25.9 Å². The van der Waals surface area contributed by atoms with Crippen molar-refractivity contribution in [2.24, 2.45) is 35.5 Å². The second kappa shape index (κ2) is 8.62. The van der Waals surface area contributed by atoms with Crippen molar-refractivity contribution in [2.45, 2.75) is 33.3 Å². The number of ether oxygens (including phenoxy) is 4. The Labute approximate surface area is 135 Å². The van der Waals surface area contributed by atoms with E-state index in [2.05, 4.69) is 20.8 Å². The minimum absolute atomic E-state index is 0.192. The lowest BCUT2D eigenvalue weighted by molar-refractivity contribution is -0.134. The summed E-state index contributed by atoms with van der Waals surface area (Å²) in [6, 6.07) is 0. The summed E-state index contributed by atoms with van der Waals surface area (Å²) >= 11 is 0. The summed E-state index contributed by atoms with van der Waals surface area (Å²) in [5.74, 6) is 3.31. The lowest BCUT2D eigenvalue weighted by atomic mass is 9.68. The number of rotatable bonds is 6. The minimum atomic E-state index is 0.192. The molecule has 2 fully saturated rings. The molecule has 0 aromatic heterocycles. The Morgan fingerprint density at radius 2 is 1.77 bits per heavy atom. The summed E-state index contributed by atoms with van der Waals surface area (Å²) in [7, 11) is 3.58. The monoisotopic (exact) mass is 314 g/mol. The molecule has 0 N–H and O–H groups in total. The molecule has 130 valence electrons. The van der Waals surface area contributed by atoms with Crippen LogP contribution in [0.1, 0.15) is 27.2 Å². The summed E-state index contributed by atoms with van der Waals surface area (Å²) in [6.45, 7) is 11.1. The molecule has 2 aliphatic rings. The van der Waals surface area contributed by atoms with Crippen molar-refractivity contribution >= 4 is 0 Å². The first kappa shape index (κ1) is 18.2. The lowest BCUT2D eigenvalue weighted by Crippen LogP contribution is -2.49. The van der Waals surface area contributed by atoms with Crippen molar-refractivity contribution in [3.05, 3.63) is 0 Å². The van der Waals surface area contributed by atoms with E-state index in [-0.39, 0.29) is 6.10 Å². The molecule has 0 radical (unpaired) electrons. The molecular weight excluding hydrogens is 280 g/mol. The van der Waals surface area contributed by atoms with E-state index < -0.39 is 0 Å². The first-order valence-corrected chi connectivity index (χ1v) is 8.77. The molecule has 0 aromatic carbocycles. The fraction of sp³-hybridized carbons (Fsp3) is 1.00. The second-order valence-corrected chi connectivity index (χ2v) is 7.36. The highest BCUT2D eigenvalue weighted by Crippen LogP contribution is 2.40. The smallest absolute Gasteiger partial charge is 0.0671 e. The molecule has 7 atom stereocenters. The van der Waals surface area contributed by atoms with Gasteiger partial charge < -0.3 is 18.9 Å². The van der Waals surface area contributed by atoms with Gasteiger partial charge in [0.1, 0.15) is 0 Å². The van der Waals surface area contributed by atoms with Crippen LogP contribution < -0.4 is 0 Å². The highest BCUT2D eigenvalue weighted by atomic mass is 16.5. The van der Waals surface area contributed by atoms with Gasteiger partial charge in [-0.3, -0.25) is 0 Å². The van der Waals surface area contributed by atoms with Gasteiger partial charge in [-0.25, -0.2) is 0 Å². The van der Waals surface area contributed by atoms with Crippen LogP contribution in [0.5, 0.6) is 0 Å². The van der Waals surface area contributed by atoms with E-state index in [0.717, 1.165) is 39.0 Å². The van der Waals surface area contributed by atoms with Crippen LogP contribution in [-0.4, -0.2) is 53.4 Å². The predicted molar refractivity (Wildman–Crippen MR) is 86.9 cm³/mol. The summed E-state index contributed by atoms with van der Waals surface area (Å²) in [4.78, 5) is 0. The molecule has 2 heterocycles. The van der Waals surface area contributed by atoms with Crippen LogP contribution in [0.15, 0.2) is 0 Å². The third-order valence-electron chi connectivity index (χ3n) is 5.96. The third kappa shape index (κ3) is 4.02. The van der Waals surface area contributed by atoms with Gasteiger partial charge in [-0.15, -0.1) is 0 Å². The van der Waals surface area contributed by atoms with Gasteiger partial charge >= 0.3 is 0 Å². The average Bonchev–Trinajstić information content (AvgIpc) is 2.51. The molecule has 0 amide bonds. The van der Waals surface area contributed by atoms with E-state index in [0.29, 0.717) is 29.6 Å². The van der Waals surface area contributed by atoms with Gasteiger partial charge in [0.2, 0.25) is 0 Å². The van der Waals surface area contributed by atoms with Crippen LogP contribution >= 0.6 is 0 Å². The van der Waals surface area contributed by atoms with E-state index in [1.807, 2.05) is 7.11 Å². The lowest BCUT2D eigenvalue weighted by Gasteiger charge is -2.46. The van der Waals surface area contributed by atoms with E-state index in [1.54, 1.807) is 7.11 Å². The molecule has 0 saturated carbocycles. The second-order valence-electron chi connectivity index (χ2n) is 7.36. The fourth-order valence-electron chi connectivity index (χ4n) is 4.47. The van der Waals surface area contributed by atoms with Crippen molar-refractivity contribution in [2.75, 3.05) is 47.3 Å². The maximum atomic E-state index is 6.00. The van der Waals surface area contributed by atoms with Gasteiger partial charge in [-0.1, -0.05) is 20.8 Å². The van der Waals surface area contributed by atoms with Crippen molar-refractivity contribution in [1.29, 1.82) is 0 Å². The van der Waals surface area contributed by atoms with Crippen molar-refractivity contribution in [3.8, 4) is 0 Å². The Morgan fingerprint density at radius 3 is 2.41 bits per heavy atom. The van der Waals surface area contributed by atoms with Crippen molar-refractivity contribution < 1.29 is 18.9 Å². The van der Waals surface area contributed by atoms with Crippen LogP contribution in [0.4, 0.5) is 0 Å². The summed E-state index contributed by atoms with van der Waals surface area (Å²) < 4.78 is 22.9. The van der Waals surface area contributed by atoms with Gasteiger partial charge in [0, 0.05) is 39.3 Å². The molecule has 0 bridgehead atoms. The molecule has 0 aromatic rings. The van der Waals surface area contributed by atoms with Gasteiger partial charge in [0.25, 0.3) is 0 Å². The van der Waals surface area contributed by atoms with E-state index in [9.17, 15) is 0 Å². The van der Waals surface area contributed by atoms with Crippen LogP contribution in [0.3, 0.4) is 0 Å². The molecule has 2 saturated heterocycles. The molecule has 0 aliphatic carbocycles. The summed E-state index contributed by atoms with van der Waals surface area (Å²) in [5, 5.41) is 0. The Balaban J connectivity index is 2.06. The number of hydrogen-bond donors (Lipinski definition) is 0. The Morgan fingerprint density at radius 1 is 1.05 bits per heavy atom. The maximum absolute atomic E-state index is 6.00. The molecule has 2 aliphatic heterocycles. The Kier molecular flexibility index (Phi) is 7.13. The summed E-state index contributed by atoms with van der Waals surface area (Å²) in [6.07, 6.45) is 1.37. The fourth-order valence-corrected chi connectivity index (χ4v) is 4.47. The zero-order chi connectivity index (χ0) is 16.1. The zero-order valence-corrected chi connectivity index (χ0v) is 14.9. The first-order valence-electron chi connectivity index (χ1n) is 8.77. The highest BCUT2D eigenvalue weighted by Gasteiger charge is 2.43. The molecule has 0 spiro atoms. The Bertz CT molecular complexity index is 322. The van der Waals surface area contributed by atoms with Crippen LogP contribution in [0, 0.1) is 35.5 Å². The van der Waals surface area contributed by atoms with Crippen molar-refractivity contribution in [1.82, 2.24) is 0 Å². The van der Waals surface area contributed by atoms with Crippen molar-refractivity contribution in [3.63, 3.8) is 0 Å². The quantitative estimate of drug-likeness (QED) is 0.755. The predicted octanol–water partition coefficient (Wildman–Crippen LogP) is 2.86. The van der Waals surface area contributed by atoms with Crippen LogP contribution in [0.2, 0.25) is 0 Å². The SMILES string of the molecule is COCC(C)C(OC)C1COCC(C2COCCC2C)C1C. The molecule has 22 heavy (non-hydrogen) atoms. The molecule has 4 heteroatoms. The third-order valence-corrected chi connectivity index (χ3v) is 5.96. The zero-order valence-electron chi connectivity index (χ0n) is 14.9. The van der Waals surface area contributed by atoms with Gasteiger partial charge in [-0.2, -0.15) is 0 Å². The molecule has 2 rings (SSSR count). The molecule has 4 nitrogen and oxygen atoms in total. The topological polar surface area (TPSA) is 36.9 Å². The van der Waals surface area contributed by atoms with E-state index in [1.165, 1.54) is 6.42 Å². The van der Waals surface area contributed by atoms with Gasteiger partial charge in [0.15, 0.2) is 0 Å². The van der Waals surface area contributed by atoms with Crippen LogP contribution in [0.25, 0.3) is 0 Å². The normalized spacial score (nSPS) is 39.4. The molecular formula is C18H34O4.